The summed E-state index contributed by atoms with van der Waals surface area (Å²) in [6, 6.07) is 10.1. The van der Waals surface area contributed by atoms with Gasteiger partial charge in [-0.1, -0.05) is 29.7 Å². The molecule has 43 heavy (non-hydrogen) atoms. The van der Waals surface area contributed by atoms with Crippen LogP contribution in [0.25, 0.3) is 0 Å². The van der Waals surface area contributed by atoms with Crippen molar-refractivity contribution in [2.24, 2.45) is 0 Å². The van der Waals surface area contributed by atoms with Gasteiger partial charge in [0.2, 0.25) is 6.74 Å². The normalized spacial score (nSPS) is 17.6. The largest absolute Gasteiger partial charge is 0.381 e. The van der Waals surface area contributed by atoms with Crippen molar-refractivity contribution < 1.29 is 28.6 Å². The fourth-order valence-electron chi connectivity index (χ4n) is 5.78. The number of morpholine rings is 1. The summed E-state index contributed by atoms with van der Waals surface area (Å²) in [6.45, 7) is 9.69. The standard InChI is InChI=1S/C30H44B2FN5O5/c1-28(2)19-38(20-29(3,4)43-28)36-32(31)23-11-12-25(33)22(15-23)16-35-26-10-7-9-21(18-40)24(26)17-37(6)30(42,13-8-14-39)27(41)34-5/h7,9-12,14-15,18,35-36,42H,8,13,16-17,19-20,31H2,1-6H3,(H,34,41). The van der Waals surface area contributed by atoms with E-state index in [9.17, 15) is 23.9 Å². The first-order valence-corrected chi connectivity index (χ1v) is 14.5. The van der Waals surface area contributed by atoms with Gasteiger partial charge in [-0.25, -0.2) is 9.40 Å². The molecular formula is C30H44B2FN5O5. The van der Waals surface area contributed by atoms with E-state index in [4.69, 9.17) is 4.74 Å². The number of likely N-dealkylation sites (N-methyl/N-ethyl adjacent to an activating group) is 2. The monoisotopic (exact) mass is 595 g/mol. The Morgan fingerprint density at radius 1 is 1.21 bits per heavy atom. The van der Waals surface area contributed by atoms with Gasteiger partial charge in [0.25, 0.3) is 5.91 Å². The van der Waals surface area contributed by atoms with Gasteiger partial charge >= 0.3 is 0 Å². The molecule has 13 heteroatoms. The number of rotatable bonds is 14. The number of anilines is 1. The van der Waals surface area contributed by atoms with Crippen molar-refractivity contribution in [2.45, 2.75) is 70.6 Å². The molecule has 232 valence electrons. The Kier molecular flexibility index (Phi) is 11.3. The van der Waals surface area contributed by atoms with Crippen LogP contribution < -0.4 is 21.4 Å². The Hall–Kier alpha value is -3.09. The van der Waals surface area contributed by atoms with E-state index in [2.05, 4.69) is 48.7 Å². The molecule has 10 nitrogen and oxygen atoms in total. The summed E-state index contributed by atoms with van der Waals surface area (Å²) >= 11 is 0. The fraction of sp³-hybridized carbons (Fsp3) is 0.500. The minimum atomic E-state index is -1.97. The third kappa shape index (κ3) is 8.73. The van der Waals surface area contributed by atoms with Crippen LogP contribution in [0.4, 0.5) is 10.1 Å². The maximum atomic E-state index is 15.0. The molecule has 3 rings (SSSR count). The molecule has 4 N–H and O–H groups in total. The predicted molar refractivity (Wildman–Crippen MR) is 169 cm³/mol. The van der Waals surface area contributed by atoms with Gasteiger partial charge in [0.1, 0.15) is 26.1 Å². The van der Waals surface area contributed by atoms with Crippen molar-refractivity contribution in [3.8, 4) is 0 Å². The van der Waals surface area contributed by atoms with Gasteiger partial charge in [0.05, 0.1) is 11.2 Å². The highest BCUT2D eigenvalue weighted by molar-refractivity contribution is 7.09. The van der Waals surface area contributed by atoms with E-state index < -0.39 is 11.6 Å². The van der Waals surface area contributed by atoms with Gasteiger partial charge in [-0.3, -0.25) is 19.8 Å². The van der Waals surface area contributed by atoms with Crippen LogP contribution in [-0.4, -0.2) is 92.1 Å². The quantitative estimate of drug-likeness (QED) is 0.143. The zero-order valence-corrected chi connectivity index (χ0v) is 26.3. The number of carbonyl (C=O) groups excluding carboxylic acids is 3. The first-order chi connectivity index (χ1) is 20.1. The molecule has 0 saturated carbocycles. The lowest BCUT2D eigenvalue weighted by Gasteiger charge is -2.47. The Balaban J connectivity index is 1.80. The van der Waals surface area contributed by atoms with Gasteiger partial charge < -0.3 is 25.3 Å². The number of aliphatic hydroxyl groups is 1. The molecule has 1 heterocycles. The topological polar surface area (TPSA) is 123 Å². The Bertz CT molecular complexity index is 1300. The van der Waals surface area contributed by atoms with Crippen molar-refractivity contribution in [1.29, 1.82) is 0 Å². The molecule has 1 atom stereocenters. The number of nitrogens with one attached hydrogen (secondary N) is 3. The number of hydrogen-bond donors (Lipinski definition) is 4. The molecule has 0 spiro atoms. The van der Waals surface area contributed by atoms with E-state index in [1.54, 1.807) is 31.3 Å². The number of benzene rings is 2. The summed E-state index contributed by atoms with van der Waals surface area (Å²) in [5.41, 5.74) is 0.173. The lowest BCUT2D eigenvalue weighted by molar-refractivity contribution is -0.185. The summed E-state index contributed by atoms with van der Waals surface area (Å²) in [5.74, 6) is -1.04. The molecule has 1 fully saturated rings. The molecule has 1 saturated heterocycles. The summed E-state index contributed by atoms with van der Waals surface area (Å²) < 4.78 is 21.2. The van der Waals surface area contributed by atoms with E-state index >= 15 is 0 Å². The highest BCUT2D eigenvalue weighted by Gasteiger charge is 2.40. The zero-order valence-electron chi connectivity index (χ0n) is 26.3. The van der Waals surface area contributed by atoms with Crippen LogP contribution in [0, 0.1) is 5.82 Å². The number of hydrogen-bond acceptors (Lipinski definition) is 9. The van der Waals surface area contributed by atoms with Crippen molar-refractivity contribution in [2.75, 3.05) is 32.5 Å². The van der Waals surface area contributed by atoms with Gasteiger partial charge in [-0.05, 0) is 52.4 Å². The van der Waals surface area contributed by atoms with Gasteiger partial charge in [-0.15, -0.1) is 0 Å². The highest BCUT2D eigenvalue weighted by atomic mass is 19.1. The Morgan fingerprint density at radius 2 is 1.88 bits per heavy atom. The molecule has 0 bridgehead atoms. The first kappa shape index (κ1) is 34.4. The van der Waals surface area contributed by atoms with Crippen LogP contribution in [0.5, 0.6) is 0 Å². The fourth-order valence-corrected chi connectivity index (χ4v) is 5.78. The van der Waals surface area contributed by atoms with Crippen LogP contribution in [0.15, 0.2) is 36.4 Å². The molecule has 1 aliphatic rings. The molecule has 1 unspecified atom stereocenters. The number of amides is 1. The van der Waals surface area contributed by atoms with Gasteiger partial charge in [0.15, 0.2) is 5.72 Å². The second-order valence-electron chi connectivity index (χ2n) is 12.5. The van der Waals surface area contributed by atoms with Crippen LogP contribution in [-0.2, 0) is 27.4 Å². The molecule has 2 aromatic carbocycles. The number of aldehydes is 2. The third-order valence-corrected chi connectivity index (χ3v) is 7.68. The van der Waals surface area contributed by atoms with Crippen LogP contribution in [0.3, 0.4) is 0 Å². The van der Waals surface area contributed by atoms with E-state index in [1.165, 1.54) is 18.0 Å². The van der Waals surface area contributed by atoms with Crippen LogP contribution in [0.1, 0.15) is 62.0 Å². The smallest absolute Gasteiger partial charge is 0.267 e. The van der Waals surface area contributed by atoms with Crippen molar-refractivity contribution >= 4 is 44.1 Å². The Morgan fingerprint density at radius 3 is 2.49 bits per heavy atom. The van der Waals surface area contributed by atoms with Crippen molar-refractivity contribution in [3.05, 3.63) is 58.9 Å². The minimum Gasteiger partial charge on any atom is -0.381 e. The molecule has 0 aliphatic carbocycles. The highest BCUT2D eigenvalue weighted by Crippen LogP contribution is 2.28. The summed E-state index contributed by atoms with van der Waals surface area (Å²) in [4.78, 5) is 36.9. The molecule has 0 radical (unpaired) electrons. The van der Waals surface area contributed by atoms with Gasteiger partial charge in [0, 0.05) is 62.9 Å². The number of nitrogens with zero attached hydrogens (tertiary/aromatic N) is 2. The predicted octanol–water partition coefficient (Wildman–Crippen LogP) is 0.818. The summed E-state index contributed by atoms with van der Waals surface area (Å²) in [5, 5.41) is 22.6. The number of halogens is 1. The molecule has 1 aliphatic heterocycles. The molecule has 0 aromatic heterocycles. The van der Waals surface area contributed by atoms with Crippen LogP contribution in [0.2, 0.25) is 0 Å². The average Bonchev–Trinajstić information content (AvgIpc) is 2.93. The lowest BCUT2D eigenvalue weighted by Crippen LogP contribution is -2.65. The van der Waals surface area contributed by atoms with E-state index in [1.807, 2.05) is 13.8 Å². The minimum absolute atomic E-state index is 0.00967. The van der Waals surface area contributed by atoms with E-state index in [-0.39, 0.29) is 49.7 Å². The third-order valence-electron chi connectivity index (χ3n) is 7.68. The average molecular weight is 595 g/mol. The van der Waals surface area contributed by atoms with Crippen molar-refractivity contribution in [1.82, 2.24) is 20.6 Å². The maximum Gasteiger partial charge on any atom is 0.267 e. The van der Waals surface area contributed by atoms with E-state index in [0.717, 1.165) is 5.46 Å². The maximum absolute atomic E-state index is 15.0. The molecule has 2 aromatic rings. The second kappa shape index (κ2) is 14.1. The Labute approximate surface area is 255 Å². The number of ether oxygens (including phenoxy) is 1. The molecular weight excluding hydrogens is 551 g/mol. The first-order valence-electron chi connectivity index (χ1n) is 14.5. The number of carbonyl (C=O) groups is 3. The van der Waals surface area contributed by atoms with Gasteiger partial charge in [-0.2, -0.15) is 0 Å². The summed E-state index contributed by atoms with van der Waals surface area (Å²) in [7, 11) is 4.97. The number of hydrazine groups is 1. The van der Waals surface area contributed by atoms with E-state index in [0.29, 0.717) is 48.0 Å². The second-order valence-corrected chi connectivity index (χ2v) is 12.5. The van der Waals surface area contributed by atoms with Crippen molar-refractivity contribution in [3.63, 3.8) is 0 Å². The zero-order chi connectivity index (χ0) is 32.0. The molecule has 1 amide bonds. The summed E-state index contributed by atoms with van der Waals surface area (Å²) in [6.07, 6.45) is 1.18. The lowest BCUT2D eigenvalue weighted by atomic mass is 9.39. The SMILES string of the molecule is BB(NN1CC(C)(C)OC(C)(C)C1)c1ccc(F)c(CNc2cccc(C=O)c2CN(C)C(O)(CCC=O)C(=O)NC)c1. The van der Waals surface area contributed by atoms with Crippen LogP contribution >= 0.6 is 0 Å².